The molecule has 2 aliphatic rings. The van der Waals surface area contributed by atoms with Crippen LogP contribution in [0.2, 0.25) is 0 Å². The normalized spacial score (nSPS) is 47.0. The molecule has 0 heteroatoms. The summed E-state index contributed by atoms with van der Waals surface area (Å²) in [7, 11) is 0. The van der Waals surface area contributed by atoms with Gasteiger partial charge in [-0.15, -0.1) is 0 Å². The summed E-state index contributed by atoms with van der Waals surface area (Å²) in [5, 5.41) is 0. The molecule has 0 aromatic carbocycles. The molecule has 0 amide bonds. The second kappa shape index (κ2) is 2.36. The van der Waals surface area contributed by atoms with Gasteiger partial charge < -0.3 is 0 Å². The number of fused-ring (bicyclic) bond motifs is 1. The van der Waals surface area contributed by atoms with E-state index < -0.39 is 0 Å². The van der Waals surface area contributed by atoms with E-state index in [9.17, 15) is 0 Å². The van der Waals surface area contributed by atoms with E-state index in [1.54, 1.807) is 5.57 Å². The molecule has 0 radical (unpaired) electrons. The predicted octanol–water partition coefficient (Wildman–Crippen LogP) is 3.24. The van der Waals surface area contributed by atoms with Gasteiger partial charge in [0.05, 0.1) is 0 Å². The molecule has 0 heterocycles. The van der Waals surface area contributed by atoms with E-state index in [4.69, 9.17) is 0 Å². The van der Waals surface area contributed by atoms with Gasteiger partial charge >= 0.3 is 0 Å². The van der Waals surface area contributed by atoms with Crippen molar-refractivity contribution in [2.24, 2.45) is 23.7 Å². The van der Waals surface area contributed by atoms with Crippen molar-refractivity contribution in [1.82, 2.24) is 0 Å². The summed E-state index contributed by atoms with van der Waals surface area (Å²) in [6.45, 7) is 7.02. The SMILES string of the molecule is CCC1=CC(C)C2C(CC)C12. The van der Waals surface area contributed by atoms with E-state index in [-0.39, 0.29) is 0 Å². The second-order valence-corrected chi connectivity index (χ2v) is 4.13. The van der Waals surface area contributed by atoms with Gasteiger partial charge in [0.2, 0.25) is 0 Å². The molecule has 1 saturated carbocycles. The average Bonchev–Trinajstić information content (AvgIpc) is 2.65. The zero-order valence-electron chi connectivity index (χ0n) is 7.80. The Balaban J connectivity index is 2.10. The Labute approximate surface area is 69.7 Å². The van der Waals surface area contributed by atoms with Crippen LogP contribution < -0.4 is 0 Å². The first kappa shape index (κ1) is 7.39. The van der Waals surface area contributed by atoms with Gasteiger partial charge in [0.25, 0.3) is 0 Å². The molecule has 4 atom stereocenters. The summed E-state index contributed by atoms with van der Waals surface area (Å²) in [5.41, 5.74) is 1.76. The molecular weight excluding hydrogens is 132 g/mol. The Bertz CT molecular complexity index is 190. The van der Waals surface area contributed by atoms with Gasteiger partial charge in [-0.3, -0.25) is 0 Å². The van der Waals surface area contributed by atoms with Crippen LogP contribution in [0.3, 0.4) is 0 Å². The predicted molar refractivity (Wildman–Crippen MR) is 48.3 cm³/mol. The van der Waals surface area contributed by atoms with E-state index in [1.807, 2.05) is 0 Å². The Hall–Kier alpha value is -0.260. The lowest BCUT2D eigenvalue weighted by Crippen LogP contribution is -1.93. The van der Waals surface area contributed by atoms with Crippen molar-refractivity contribution in [2.75, 3.05) is 0 Å². The lowest BCUT2D eigenvalue weighted by atomic mass is 10.0. The van der Waals surface area contributed by atoms with Crippen molar-refractivity contribution in [1.29, 1.82) is 0 Å². The highest BCUT2D eigenvalue weighted by Crippen LogP contribution is 2.62. The van der Waals surface area contributed by atoms with Crippen molar-refractivity contribution in [2.45, 2.75) is 33.6 Å². The summed E-state index contributed by atoms with van der Waals surface area (Å²) in [6.07, 6.45) is 5.21. The van der Waals surface area contributed by atoms with E-state index in [1.165, 1.54) is 12.8 Å². The number of hydrogen-bond acceptors (Lipinski definition) is 0. The maximum absolute atomic E-state index is 2.52. The number of allylic oxidation sites excluding steroid dienone is 2. The average molecular weight is 150 g/mol. The monoisotopic (exact) mass is 150 g/mol. The minimum absolute atomic E-state index is 0.889. The molecule has 0 aromatic rings. The maximum Gasteiger partial charge on any atom is -0.0135 e. The fourth-order valence-electron chi connectivity index (χ4n) is 3.08. The van der Waals surface area contributed by atoms with Crippen molar-refractivity contribution in [3.63, 3.8) is 0 Å². The third-order valence-electron chi connectivity index (χ3n) is 3.62. The van der Waals surface area contributed by atoms with E-state index in [2.05, 4.69) is 26.8 Å². The molecule has 0 aromatic heterocycles. The summed E-state index contributed by atoms with van der Waals surface area (Å²) in [6, 6.07) is 0. The molecule has 0 N–H and O–H groups in total. The molecule has 0 spiro atoms. The number of rotatable bonds is 2. The fraction of sp³-hybridized carbons (Fsp3) is 0.818. The van der Waals surface area contributed by atoms with Crippen LogP contribution in [0.15, 0.2) is 11.6 Å². The molecule has 62 valence electrons. The standard InChI is InChI=1S/C11H18/c1-4-8-6-7(3)10-9(5-2)11(8)10/h6-7,9-11H,4-5H2,1-3H3. The van der Waals surface area contributed by atoms with Gasteiger partial charge in [0.15, 0.2) is 0 Å². The minimum atomic E-state index is 0.889. The van der Waals surface area contributed by atoms with Crippen molar-refractivity contribution in [3.05, 3.63) is 11.6 Å². The minimum Gasteiger partial charge on any atom is -0.0819 e. The summed E-state index contributed by atoms with van der Waals surface area (Å²) < 4.78 is 0. The summed E-state index contributed by atoms with van der Waals surface area (Å²) in [4.78, 5) is 0. The van der Waals surface area contributed by atoms with Crippen LogP contribution in [0, 0.1) is 23.7 Å². The molecule has 0 aliphatic heterocycles. The van der Waals surface area contributed by atoms with Gasteiger partial charge in [0.1, 0.15) is 0 Å². The van der Waals surface area contributed by atoms with Crippen LogP contribution in [-0.4, -0.2) is 0 Å². The van der Waals surface area contributed by atoms with Crippen LogP contribution in [0.4, 0.5) is 0 Å². The first-order valence-electron chi connectivity index (χ1n) is 5.00. The first-order chi connectivity index (χ1) is 5.29. The van der Waals surface area contributed by atoms with Gasteiger partial charge in [-0.1, -0.05) is 38.8 Å². The van der Waals surface area contributed by atoms with Gasteiger partial charge in [0, 0.05) is 0 Å². The van der Waals surface area contributed by atoms with Crippen molar-refractivity contribution >= 4 is 0 Å². The first-order valence-corrected chi connectivity index (χ1v) is 5.00. The Morgan fingerprint density at radius 3 is 2.55 bits per heavy atom. The van der Waals surface area contributed by atoms with Crippen LogP contribution in [-0.2, 0) is 0 Å². The lowest BCUT2D eigenvalue weighted by Gasteiger charge is -2.04. The molecule has 2 rings (SSSR count). The molecule has 0 bridgehead atoms. The topological polar surface area (TPSA) is 0 Å². The Kier molecular flexibility index (Phi) is 1.59. The molecule has 2 aliphatic carbocycles. The Morgan fingerprint density at radius 2 is 2.09 bits per heavy atom. The third kappa shape index (κ3) is 0.881. The molecule has 0 saturated heterocycles. The lowest BCUT2D eigenvalue weighted by molar-refractivity contribution is 0.564. The highest BCUT2D eigenvalue weighted by atomic mass is 14.6. The van der Waals surface area contributed by atoms with Crippen molar-refractivity contribution < 1.29 is 0 Å². The molecule has 1 fully saturated rings. The quantitative estimate of drug-likeness (QED) is 0.530. The summed E-state index contributed by atoms with van der Waals surface area (Å²) >= 11 is 0. The fourth-order valence-corrected chi connectivity index (χ4v) is 3.08. The van der Waals surface area contributed by atoms with E-state index in [0.717, 1.165) is 23.7 Å². The van der Waals surface area contributed by atoms with Crippen molar-refractivity contribution in [3.8, 4) is 0 Å². The van der Waals surface area contributed by atoms with Gasteiger partial charge in [-0.05, 0) is 30.1 Å². The maximum atomic E-state index is 2.52. The van der Waals surface area contributed by atoms with Crippen LogP contribution in [0.1, 0.15) is 33.6 Å². The largest absolute Gasteiger partial charge is 0.0819 e. The summed E-state index contributed by atoms with van der Waals surface area (Å²) in [5.74, 6) is 4.01. The van der Waals surface area contributed by atoms with Crippen LogP contribution in [0.25, 0.3) is 0 Å². The third-order valence-corrected chi connectivity index (χ3v) is 3.62. The molecule has 11 heavy (non-hydrogen) atoms. The smallest absolute Gasteiger partial charge is 0.0135 e. The highest BCUT2D eigenvalue weighted by Gasteiger charge is 2.55. The molecular formula is C11H18. The van der Waals surface area contributed by atoms with Gasteiger partial charge in [-0.25, -0.2) is 0 Å². The highest BCUT2D eigenvalue weighted by molar-refractivity contribution is 5.28. The van der Waals surface area contributed by atoms with Crippen LogP contribution >= 0.6 is 0 Å². The van der Waals surface area contributed by atoms with E-state index >= 15 is 0 Å². The van der Waals surface area contributed by atoms with Gasteiger partial charge in [-0.2, -0.15) is 0 Å². The van der Waals surface area contributed by atoms with Crippen LogP contribution in [0.5, 0.6) is 0 Å². The number of hydrogen-bond donors (Lipinski definition) is 0. The molecule has 0 nitrogen and oxygen atoms in total. The Morgan fingerprint density at radius 1 is 1.36 bits per heavy atom. The molecule has 4 unspecified atom stereocenters. The zero-order chi connectivity index (χ0) is 8.01. The zero-order valence-corrected chi connectivity index (χ0v) is 7.80. The second-order valence-electron chi connectivity index (χ2n) is 4.13. The van der Waals surface area contributed by atoms with E-state index in [0.29, 0.717) is 0 Å².